The molecule has 0 heterocycles. The SMILES string of the molecule is CC(C)NC(=O)C1CC1C(=O)Nc1cccc(Br)c1. The molecule has 1 aromatic rings. The van der Waals surface area contributed by atoms with Gasteiger partial charge < -0.3 is 10.6 Å². The molecule has 1 aliphatic carbocycles. The number of anilines is 1. The quantitative estimate of drug-likeness (QED) is 0.894. The number of nitrogens with one attached hydrogen (secondary N) is 2. The summed E-state index contributed by atoms with van der Waals surface area (Å²) in [6, 6.07) is 7.53. The first kappa shape index (κ1) is 14.1. The first-order valence-electron chi connectivity index (χ1n) is 6.34. The molecule has 102 valence electrons. The van der Waals surface area contributed by atoms with Crippen molar-refractivity contribution in [1.82, 2.24) is 5.32 Å². The van der Waals surface area contributed by atoms with Crippen LogP contribution in [0.3, 0.4) is 0 Å². The zero-order chi connectivity index (χ0) is 14.0. The lowest BCUT2D eigenvalue weighted by Gasteiger charge is -2.08. The van der Waals surface area contributed by atoms with Crippen molar-refractivity contribution in [2.24, 2.45) is 11.8 Å². The van der Waals surface area contributed by atoms with Crippen LogP contribution in [0.1, 0.15) is 20.3 Å². The van der Waals surface area contributed by atoms with E-state index < -0.39 is 0 Å². The molecule has 1 fully saturated rings. The number of hydrogen-bond acceptors (Lipinski definition) is 2. The van der Waals surface area contributed by atoms with Crippen LogP contribution in [0.15, 0.2) is 28.7 Å². The van der Waals surface area contributed by atoms with E-state index in [0.717, 1.165) is 10.2 Å². The Hall–Kier alpha value is -1.36. The standard InChI is InChI=1S/C14H17BrN2O2/c1-8(2)16-13(18)11-7-12(11)14(19)17-10-5-3-4-9(15)6-10/h3-6,8,11-12H,7H2,1-2H3,(H,16,18)(H,17,19). The van der Waals surface area contributed by atoms with Crippen molar-refractivity contribution >= 4 is 33.4 Å². The summed E-state index contributed by atoms with van der Waals surface area (Å²) in [4.78, 5) is 23.7. The Labute approximate surface area is 121 Å². The summed E-state index contributed by atoms with van der Waals surface area (Å²) in [7, 11) is 0. The number of benzene rings is 1. The number of carbonyl (C=O) groups is 2. The molecule has 0 radical (unpaired) electrons. The highest BCUT2D eigenvalue weighted by Gasteiger charge is 2.48. The fraction of sp³-hybridized carbons (Fsp3) is 0.429. The molecule has 2 N–H and O–H groups in total. The van der Waals surface area contributed by atoms with Gasteiger partial charge >= 0.3 is 0 Å². The van der Waals surface area contributed by atoms with E-state index in [-0.39, 0.29) is 29.7 Å². The molecule has 2 atom stereocenters. The zero-order valence-electron chi connectivity index (χ0n) is 10.9. The second-order valence-electron chi connectivity index (χ2n) is 5.11. The average molecular weight is 325 g/mol. The highest BCUT2D eigenvalue weighted by atomic mass is 79.9. The van der Waals surface area contributed by atoms with Crippen LogP contribution in [0, 0.1) is 11.8 Å². The molecule has 5 heteroatoms. The van der Waals surface area contributed by atoms with E-state index in [2.05, 4.69) is 26.6 Å². The minimum Gasteiger partial charge on any atom is -0.354 e. The van der Waals surface area contributed by atoms with Crippen LogP contribution in [0.4, 0.5) is 5.69 Å². The average Bonchev–Trinajstić information content (AvgIpc) is 3.07. The Bertz CT molecular complexity index is 502. The van der Waals surface area contributed by atoms with Crippen LogP contribution in [-0.4, -0.2) is 17.9 Å². The van der Waals surface area contributed by atoms with Gasteiger partial charge in [0.2, 0.25) is 11.8 Å². The van der Waals surface area contributed by atoms with E-state index in [4.69, 9.17) is 0 Å². The van der Waals surface area contributed by atoms with E-state index in [9.17, 15) is 9.59 Å². The number of hydrogen-bond donors (Lipinski definition) is 2. The molecule has 0 aromatic heterocycles. The van der Waals surface area contributed by atoms with Crippen molar-refractivity contribution in [1.29, 1.82) is 0 Å². The predicted molar refractivity (Wildman–Crippen MR) is 77.6 cm³/mol. The molecule has 2 rings (SSSR count). The van der Waals surface area contributed by atoms with Crippen molar-refractivity contribution < 1.29 is 9.59 Å². The van der Waals surface area contributed by atoms with Crippen LogP contribution in [-0.2, 0) is 9.59 Å². The molecule has 2 unspecified atom stereocenters. The largest absolute Gasteiger partial charge is 0.354 e. The van der Waals surface area contributed by atoms with Crippen molar-refractivity contribution in [2.45, 2.75) is 26.3 Å². The van der Waals surface area contributed by atoms with Gasteiger partial charge in [-0.15, -0.1) is 0 Å². The molecular weight excluding hydrogens is 308 g/mol. The fourth-order valence-corrected chi connectivity index (χ4v) is 2.37. The van der Waals surface area contributed by atoms with Gasteiger partial charge in [0.25, 0.3) is 0 Å². The smallest absolute Gasteiger partial charge is 0.228 e. The van der Waals surface area contributed by atoms with Crippen molar-refractivity contribution in [3.63, 3.8) is 0 Å². The van der Waals surface area contributed by atoms with Gasteiger partial charge in [0.1, 0.15) is 0 Å². The first-order chi connectivity index (χ1) is 8.97. The van der Waals surface area contributed by atoms with Gasteiger partial charge in [0.05, 0.1) is 11.8 Å². The summed E-state index contributed by atoms with van der Waals surface area (Å²) in [5, 5.41) is 5.67. The van der Waals surface area contributed by atoms with E-state index in [1.165, 1.54) is 0 Å². The maximum atomic E-state index is 12.0. The van der Waals surface area contributed by atoms with Gasteiger partial charge in [-0.2, -0.15) is 0 Å². The minimum absolute atomic E-state index is 0.0237. The number of carbonyl (C=O) groups excluding carboxylic acids is 2. The Balaban J connectivity index is 1.88. The molecule has 0 bridgehead atoms. The van der Waals surface area contributed by atoms with E-state index in [0.29, 0.717) is 6.42 Å². The molecule has 0 saturated heterocycles. The third-order valence-electron chi connectivity index (χ3n) is 2.99. The van der Waals surface area contributed by atoms with Gasteiger partial charge in [0.15, 0.2) is 0 Å². The van der Waals surface area contributed by atoms with Crippen LogP contribution in [0.2, 0.25) is 0 Å². The molecule has 1 aliphatic rings. The minimum atomic E-state index is -0.197. The molecule has 4 nitrogen and oxygen atoms in total. The lowest BCUT2D eigenvalue weighted by molar-refractivity contribution is -0.125. The first-order valence-corrected chi connectivity index (χ1v) is 7.13. The lowest BCUT2D eigenvalue weighted by Crippen LogP contribution is -2.32. The third-order valence-corrected chi connectivity index (χ3v) is 3.48. The topological polar surface area (TPSA) is 58.2 Å². The molecule has 2 amide bonds. The normalized spacial score (nSPS) is 21.1. The zero-order valence-corrected chi connectivity index (χ0v) is 12.5. The van der Waals surface area contributed by atoms with Crippen LogP contribution < -0.4 is 10.6 Å². The lowest BCUT2D eigenvalue weighted by atomic mass is 10.2. The summed E-state index contributed by atoms with van der Waals surface area (Å²) in [5.74, 6) is -0.473. The molecule has 1 saturated carbocycles. The summed E-state index contributed by atoms with van der Waals surface area (Å²) >= 11 is 3.35. The molecule has 0 spiro atoms. The second kappa shape index (κ2) is 5.74. The molecular formula is C14H17BrN2O2. The van der Waals surface area contributed by atoms with E-state index in [1.807, 2.05) is 38.1 Å². The Morgan fingerprint density at radius 3 is 2.58 bits per heavy atom. The van der Waals surface area contributed by atoms with Gasteiger partial charge in [-0.1, -0.05) is 22.0 Å². The van der Waals surface area contributed by atoms with Crippen molar-refractivity contribution in [2.75, 3.05) is 5.32 Å². The third kappa shape index (κ3) is 3.80. The highest BCUT2D eigenvalue weighted by Crippen LogP contribution is 2.39. The monoisotopic (exact) mass is 324 g/mol. The molecule has 1 aromatic carbocycles. The van der Waals surface area contributed by atoms with Crippen molar-refractivity contribution in [3.05, 3.63) is 28.7 Å². The Morgan fingerprint density at radius 2 is 1.95 bits per heavy atom. The van der Waals surface area contributed by atoms with Gasteiger partial charge in [-0.25, -0.2) is 0 Å². The molecule has 0 aliphatic heterocycles. The maximum absolute atomic E-state index is 12.0. The van der Waals surface area contributed by atoms with Gasteiger partial charge in [-0.3, -0.25) is 9.59 Å². The molecule has 19 heavy (non-hydrogen) atoms. The summed E-state index contributed by atoms with van der Waals surface area (Å²) in [6.45, 7) is 3.83. The maximum Gasteiger partial charge on any atom is 0.228 e. The fourth-order valence-electron chi connectivity index (χ4n) is 1.97. The summed E-state index contributed by atoms with van der Waals surface area (Å²) in [6.07, 6.45) is 0.637. The van der Waals surface area contributed by atoms with Crippen LogP contribution in [0.5, 0.6) is 0 Å². The van der Waals surface area contributed by atoms with Crippen LogP contribution in [0.25, 0.3) is 0 Å². The number of amides is 2. The van der Waals surface area contributed by atoms with Gasteiger partial charge in [0, 0.05) is 16.2 Å². The number of rotatable bonds is 4. The van der Waals surface area contributed by atoms with Crippen molar-refractivity contribution in [3.8, 4) is 0 Å². The Kier molecular flexibility index (Phi) is 4.24. The van der Waals surface area contributed by atoms with E-state index in [1.54, 1.807) is 0 Å². The highest BCUT2D eigenvalue weighted by molar-refractivity contribution is 9.10. The summed E-state index contributed by atoms with van der Waals surface area (Å²) < 4.78 is 0.912. The van der Waals surface area contributed by atoms with Gasteiger partial charge in [-0.05, 0) is 38.5 Å². The second-order valence-corrected chi connectivity index (χ2v) is 6.03. The summed E-state index contributed by atoms with van der Waals surface area (Å²) in [5.41, 5.74) is 0.745. The van der Waals surface area contributed by atoms with E-state index >= 15 is 0 Å². The number of halogens is 1. The van der Waals surface area contributed by atoms with Crippen LogP contribution >= 0.6 is 15.9 Å². The predicted octanol–water partition coefficient (Wildman–Crippen LogP) is 2.55. The Morgan fingerprint density at radius 1 is 1.26 bits per heavy atom.